The van der Waals surface area contributed by atoms with Crippen molar-refractivity contribution in [3.63, 3.8) is 0 Å². The van der Waals surface area contributed by atoms with E-state index in [-0.39, 0.29) is 5.78 Å². The first-order valence-corrected chi connectivity index (χ1v) is 6.19. The molecule has 0 aromatic heterocycles. The average molecular weight is 249 g/mol. The van der Waals surface area contributed by atoms with Gasteiger partial charge in [-0.25, -0.2) is 0 Å². The van der Waals surface area contributed by atoms with Crippen LogP contribution in [0.2, 0.25) is 0 Å². The number of benzene rings is 1. The molecule has 1 aliphatic carbocycles. The number of rotatable bonds is 0. The second-order valence-electron chi connectivity index (χ2n) is 4.98. The molecule has 1 atom stereocenters. The minimum absolute atomic E-state index is 0.0368. The molecule has 1 aromatic carbocycles. The number of aliphatic imine (C=N–C) groups is 1. The summed E-state index contributed by atoms with van der Waals surface area (Å²) >= 11 is 0. The largest absolute Gasteiger partial charge is 0.460 e. The maximum Gasteiger partial charge on any atom is 0.181 e. The Morgan fingerprint density at radius 3 is 3.05 bits per heavy atom. The predicted octanol–water partition coefficient (Wildman–Crippen LogP) is 2.59. The molecule has 0 radical (unpaired) electrons. The summed E-state index contributed by atoms with van der Waals surface area (Å²) in [5, 5.41) is 0. The van der Waals surface area contributed by atoms with E-state index in [1.165, 1.54) is 0 Å². The zero-order valence-electron chi connectivity index (χ0n) is 10.4. The number of allylic oxidation sites excluding steroid dienone is 3. The number of hydrogen-bond acceptors (Lipinski definition) is 3. The molecular formula is C16H11NO2. The number of hydrogen-bond donors (Lipinski definition) is 0. The minimum atomic E-state index is -0.471. The third-order valence-corrected chi connectivity index (χ3v) is 3.88. The molecule has 4 rings (SSSR count). The van der Waals surface area contributed by atoms with Crippen LogP contribution in [0, 0.1) is 6.92 Å². The summed E-state index contributed by atoms with van der Waals surface area (Å²) in [6, 6.07) is 3.98. The molecule has 3 aliphatic rings. The van der Waals surface area contributed by atoms with Crippen molar-refractivity contribution in [2.45, 2.75) is 12.3 Å². The molecule has 3 nitrogen and oxygen atoms in total. The van der Waals surface area contributed by atoms with Crippen LogP contribution in [0.3, 0.4) is 0 Å². The molecule has 0 fully saturated rings. The highest BCUT2D eigenvalue weighted by molar-refractivity contribution is 6.02. The summed E-state index contributed by atoms with van der Waals surface area (Å²) in [6.07, 6.45) is 10.7. The third-order valence-electron chi connectivity index (χ3n) is 3.88. The Morgan fingerprint density at radius 1 is 1.26 bits per heavy atom. The van der Waals surface area contributed by atoms with E-state index in [2.05, 4.69) is 11.9 Å². The molecule has 2 aliphatic heterocycles. The van der Waals surface area contributed by atoms with Crippen molar-refractivity contribution < 1.29 is 9.53 Å². The molecule has 0 amide bonds. The van der Waals surface area contributed by atoms with Crippen LogP contribution in [0.5, 0.6) is 5.75 Å². The SMILES string of the molecule is Cc1ccc2c3c1C=NC=CC31C=CC(=O)C=C1O2. The van der Waals surface area contributed by atoms with Crippen LogP contribution in [0.15, 0.2) is 53.4 Å². The van der Waals surface area contributed by atoms with Crippen LogP contribution < -0.4 is 4.74 Å². The van der Waals surface area contributed by atoms with Crippen LogP contribution in [0.25, 0.3) is 0 Å². The van der Waals surface area contributed by atoms with Gasteiger partial charge in [0.25, 0.3) is 0 Å². The van der Waals surface area contributed by atoms with Crippen LogP contribution >= 0.6 is 0 Å². The van der Waals surface area contributed by atoms with Gasteiger partial charge in [-0.05, 0) is 30.7 Å². The van der Waals surface area contributed by atoms with Crippen LogP contribution in [0.1, 0.15) is 16.7 Å². The average Bonchev–Trinajstić information content (AvgIpc) is 2.58. The summed E-state index contributed by atoms with van der Waals surface area (Å²) in [6.45, 7) is 2.06. The number of ether oxygens (including phenoxy) is 1. The fourth-order valence-electron chi connectivity index (χ4n) is 2.91. The van der Waals surface area contributed by atoms with E-state index in [0.717, 1.165) is 22.4 Å². The van der Waals surface area contributed by atoms with Gasteiger partial charge < -0.3 is 4.74 Å². The van der Waals surface area contributed by atoms with Crippen molar-refractivity contribution in [3.05, 3.63) is 65.1 Å². The first kappa shape index (κ1) is 10.5. The summed E-state index contributed by atoms with van der Waals surface area (Å²) < 4.78 is 5.88. The fourth-order valence-corrected chi connectivity index (χ4v) is 2.91. The van der Waals surface area contributed by atoms with E-state index >= 15 is 0 Å². The maximum absolute atomic E-state index is 11.6. The lowest BCUT2D eigenvalue weighted by Crippen LogP contribution is -2.25. The van der Waals surface area contributed by atoms with Gasteiger partial charge in [-0.15, -0.1) is 0 Å². The zero-order valence-corrected chi connectivity index (χ0v) is 10.4. The van der Waals surface area contributed by atoms with Gasteiger partial charge in [-0.1, -0.05) is 12.1 Å². The second kappa shape index (κ2) is 3.32. The molecular weight excluding hydrogens is 238 g/mol. The van der Waals surface area contributed by atoms with Crippen LogP contribution in [0.4, 0.5) is 0 Å². The summed E-state index contributed by atoms with van der Waals surface area (Å²) in [5.74, 6) is 1.44. The van der Waals surface area contributed by atoms with Crippen LogP contribution in [-0.4, -0.2) is 12.0 Å². The molecule has 0 N–H and O–H groups in total. The smallest absolute Gasteiger partial charge is 0.181 e. The first-order chi connectivity index (χ1) is 9.21. The Kier molecular flexibility index (Phi) is 1.83. The van der Waals surface area contributed by atoms with Gasteiger partial charge in [0, 0.05) is 29.6 Å². The molecule has 0 saturated heterocycles. The lowest BCUT2D eigenvalue weighted by atomic mass is 9.75. The number of ketones is 1. The molecule has 1 unspecified atom stereocenters. The van der Waals surface area contributed by atoms with Crippen molar-refractivity contribution in [2.24, 2.45) is 4.99 Å². The lowest BCUT2D eigenvalue weighted by Gasteiger charge is -2.24. The van der Waals surface area contributed by atoms with E-state index in [1.54, 1.807) is 18.4 Å². The molecule has 1 aromatic rings. The van der Waals surface area contributed by atoms with Gasteiger partial charge in [0.15, 0.2) is 5.78 Å². The van der Waals surface area contributed by atoms with Gasteiger partial charge in [-0.3, -0.25) is 9.79 Å². The monoisotopic (exact) mass is 249 g/mol. The molecule has 1 spiro atoms. The van der Waals surface area contributed by atoms with Crippen molar-refractivity contribution >= 4 is 12.0 Å². The second-order valence-corrected chi connectivity index (χ2v) is 4.98. The van der Waals surface area contributed by atoms with Gasteiger partial charge in [-0.2, -0.15) is 0 Å². The van der Waals surface area contributed by atoms with Crippen molar-refractivity contribution in [1.29, 1.82) is 0 Å². The highest BCUT2D eigenvalue weighted by Gasteiger charge is 2.45. The highest BCUT2D eigenvalue weighted by atomic mass is 16.5. The fraction of sp³-hybridized carbons (Fsp3) is 0.125. The van der Waals surface area contributed by atoms with Crippen molar-refractivity contribution in [1.82, 2.24) is 0 Å². The van der Waals surface area contributed by atoms with Gasteiger partial charge in [0.1, 0.15) is 11.5 Å². The quantitative estimate of drug-likeness (QED) is 0.709. The van der Waals surface area contributed by atoms with E-state index < -0.39 is 5.41 Å². The predicted molar refractivity (Wildman–Crippen MR) is 72.4 cm³/mol. The highest BCUT2D eigenvalue weighted by Crippen LogP contribution is 2.51. The number of carbonyl (C=O) groups excluding carboxylic acids is 1. The maximum atomic E-state index is 11.6. The zero-order chi connectivity index (χ0) is 13.0. The van der Waals surface area contributed by atoms with E-state index in [4.69, 9.17) is 4.74 Å². The molecule has 0 bridgehead atoms. The van der Waals surface area contributed by atoms with Gasteiger partial charge in [0.05, 0.1) is 5.41 Å². The van der Waals surface area contributed by atoms with Crippen molar-refractivity contribution in [2.75, 3.05) is 0 Å². The number of aryl methyl sites for hydroxylation is 1. The normalized spacial score (nSPS) is 25.5. The Balaban J connectivity index is 2.12. The minimum Gasteiger partial charge on any atom is -0.460 e. The van der Waals surface area contributed by atoms with Gasteiger partial charge in [0.2, 0.25) is 0 Å². The van der Waals surface area contributed by atoms with E-state index in [0.29, 0.717) is 5.76 Å². The van der Waals surface area contributed by atoms with E-state index in [9.17, 15) is 4.79 Å². The van der Waals surface area contributed by atoms with Crippen LogP contribution in [-0.2, 0) is 10.2 Å². The third kappa shape index (κ3) is 1.22. The Labute approximate surface area is 110 Å². The molecule has 2 heterocycles. The molecule has 3 heteroatoms. The van der Waals surface area contributed by atoms with Crippen molar-refractivity contribution in [3.8, 4) is 5.75 Å². The molecule has 19 heavy (non-hydrogen) atoms. The summed E-state index contributed by atoms with van der Waals surface area (Å²) in [5.41, 5.74) is 2.84. The standard InChI is InChI=1S/C16H11NO2/c1-10-2-3-13-15-12(10)9-17-7-6-16(15)5-4-11(18)8-14(16)19-13/h2-9H,1H3. The molecule has 0 saturated carbocycles. The Bertz CT molecular complexity index is 737. The number of carbonyl (C=O) groups is 1. The van der Waals surface area contributed by atoms with E-state index in [1.807, 2.05) is 30.5 Å². The Morgan fingerprint density at radius 2 is 2.16 bits per heavy atom. The van der Waals surface area contributed by atoms with Gasteiger partial charge >= 0.3 is 0 Å². The molecule has 92 valence electrons. The lowest BCUT2D eigenvalue weighted by molar-refractivity contribution is -0.110. The number of nitrogens with zero attached hydrogens (tertiary/aromatic N) is 1. The topological polar surface area (TPSA) is 38.7 Å². The Hall–Kier alpha value is -2.42. The summed E-state index contributed by atoms with van der Waals surface area (Å²) in [4.78, 5) is 15.9. The summed E-state index contributed by atoms with van der Waals surface area (Å²) in [7, 11) is 0. The first-order valence-electron chi connectivity index (χ1n) is 6.19.